The molecule has 1 fully saturated rings. The van der Waals surface area contributed by atoms with E-state index in [0.29, 0.717) is 5.92 Å². The molecule has 0 aliphatic heterocycles. The van der Waals surface area contributed by atoms with E-state index in [9.17, 15) is 5.26 Å². The maximum Gasteiger partial charge on any atom is 0.0962 e. The Balaban J connectivity index is 2.32. The summed E-state index contributed by atoms with van der Waals surface area (Å²) in [6.45, 7) is 5.99. The minimum atomic E-state index is -0.390. The highest BCUT2D eigenvalue weighted by Gasteiger charge is 2.28. The van der Waals surface area contributed by atoms with E-state index < -0.39 is 5.41 Å². The number of hydrogen-bond acceptors (Lipinski definition) is 3. The summed E-state index contributed by atoms with van der Waals surface area (Å²) in [6.07, 6.45) is 5.22. The maximum atomic E-state index is 9.18. The summed E-state index contributed by atoms with van der Waals surface area (Å²) < 4.78 is 0. The lowest BCUT2D eigenvalue weighted by atomic mass is 9.93. The number of nitrogens with zero attached hydrogens (tertiary/aromatic N) is 2. The van der Waals surface area contributed by atoms with Gasteiger partial charge in [-0.3, -0.25) is 0 Å². The monoisotopic (exact) mass is 234 g/mol. The van der Waals surface area contributed by atoms with Crippen molar-refractivity contribution >= 4 is 11.3 Å². The first kappa shape index (κ1) is 11.6. The van der Waals surface area contributed by atoms with Crippen molar-refractivity contribution in [3.05, 3.63) is 15.6 Å². The molecule has 1 aromatic heterocycles. The van der Waals surface area contributed by atoms with Crippen LogP contribution in [-0.4, -0.2) is 4.98 Å². The van der Waals surface area contributed by atoms with Gasteiger partial charge >= 0.3 is 0 Å². The minimum Gasteiger partial charge on any atom is -0.246 e. The predicted molar refractivity (Wildman–Crippen MR) is 66.7 cm³/mol. The molecule has 86 valence electrons. The third-order valence-corrected chi connectivity index (χ3v) is 5.01. The summed E-state index contributed by atoms with van der Waals surface area (Å²) in [6, 6.07) is 2.37. The molecule has 0 bridgehead atoms. The third-order valence-electron chi connectivity index (χ3n) is 3.36. The molecular weight excluding hydrogens is 216 g/mol. The van der Waals surface area contributed by atoms with Crippen molar-refractivity contribution in [2.45, 2.75) is 57.8 Å². The van der Waals surface area contributed by atoms with Crippen LogP contribution in [0.15, 0.2) is 0 Å². The number of nitriles is 1. The van der Waals surface area contributed by atoms with Crippen molar-refractivity contribution in [2.75, 3.05) is 0 Å². The maximum absolute atomic E-state index is 9.18. The molecule has 0 spiro atoms. The lowest BCUT2D eigenvalue weighted by Gasteiger charge is -2.12. The zero-order chi connectivity index (χ0) is 11.8. The van der Waals surface area contributed by atoms with E-state index in [1.54, 1.807) is 11.3 Å². The molecule has 0 atom stereocenters. The molecule has 0 aromatic carbocycles. The fraction of sp³-hybridized carbons (Fsp3) is 0.692. The Hall–Kier alpha value is -0.880. The van der Waals surface area contributed by atoms with Crippen molar-refractivity contribution in [3.8, 4) is 6.07 Å². The van der Waals surface area contributed by atoms with Gasteiger partial charge in [0, 0.05) is 10.8 Å². The summed E-state index contributed by atoms with van der Waals surface area (Å²) in [4.78, 5) is 5.82. The lowest BCUT2D eigenvalue weighted by molar-refractivity contribution is 0.692. The Morgan fingerprint density at radius 2 is 2.00 bits per heavy atom. The topological polar surface area (TPSA) is 36.7 Å². The summed E-state index contributed by atoms with van der Waals surface area (Å²) in [5.74, 6) is 0.659. The van der Waals surface area contributed by atoms with Gasteiger partial charge in [-0.25, -0.2) is 4.98 Å². The van der Waals surface area contributed by atoms with Crippen molar-refractivity contribution in [1.82, 2.24) is 4.98 Å². The van der Waals surface area contributed by atoms with E-state index in [1.165, 1.54) is 30.7 Å². The molecule has 3 heteroatoms. The highest BCUT2D eigenvalue weighted by atomic mass is 32.1. The molecule has 1 saturated carbocycles. The van der Waals surface area contributed by atoms with Crippen LogP contribution in [0.5, 0.6) is 0 Å². The Bertz CT molecular complexity index is 420. The molecule has 16 heavy (non-hydrogen) atoms. The zero-order valence-corrected chi connectivity index (χ0v) is 11.0. The SMILES string of the molecule is Cc1nc(C2CCCC2)sc1C(C)(C)C#N. The second-order valence-corrected chi connectivity index (χ2v) is 6.22. The van der Waals surface area contributed by atoms with Gasteiger partial charge in [0.25, 0.3) is 0 Å². The molecule has 1 aliphatic rings. The second-order valence-electron chi connectivity index (χ2n) is 5.18. The van der Waals surface area contributed by atoms with Gasteiger partial charge in [-0.15, -0.1) is 11.3 Å². The lowest BCUT2D eigenvalue weighted by Crippen LogP contribution is -2.13. The third kappa shape index (κ3) is 1.99. The average Bonchev–Trinajstić information content (AvgIpc) is 2.85. The first-order valence-electron chi connectivity index (χ1n) is 5.93. The van der Waals surface area contributed by atoms with E-state index in [4.69, 9.17) is 0 Å². The van der Waals surface area contributed by atoms with E-state index in [-0.39, 0.29) is 0 Å². The number of rotatable bonds is 2. The molecule has 1 aromatic rings. The Kier molecular flexibility index (Phi) is 3.03. The molecule has 1 aliphatic carbocycles. The number of aromatic nitrogens is 1. The van der Waals surface area contributed by atoms with Crippen molar-refractivity contribution in [3.63, 3.8) is 0 Å². The van der Waals surface area contributed by atoms with Crippen molar-refractivity contribution in [1.29, 1.82) is 5.26 Å². The average molecular weight is 234 g/mol. The van der Waals surface area contributed by atoms with Crippen LogP contribution >= 0.6 is 11.3 Å². The van der Waals surface area contributed by atoms with Crippen LogP contribution in [0.2, 0.25) is 0 Å². The molecule has 0 saturated heterocycles. The largest absolute Gasteiger partial charge is 0.246 e. The molecule has 2 rings (SSSR count). The quantitative estimate of drug-likeness (QED) is 0.778. The minimum absolute atomic E-state index is 0.390. The van der Waals surface area contributed by atoms with Gasteiger partial charge in [0.2, 0.25) is 0 Å². The molecule has 2 nitrogen and oxygen atoms in total. The Morgan fingerprint density at radius 1 is 1.38 bits per heavy atom. The Labute approximate surface area is 101 Å². The van der Waals surface area contributed by atoms with E-state index >= 15 is 0 Å². The molecule has 0 amide bonds. The van der Waals surface area contributed by atoms with Gasteiger partial charge < -0.3 is 0 Å². The van der Waals surface area contributed by atoms with Crippen molar-refractivity contribution in [2.24, 2.45) is 0 Å². The normalized spacial score (nSPS) is 17.6. The number of thiazole rings is 1. The highest BCUT2D eigenvalue weighted by molar-refractivity contribution is 7.12. The van der Waals surface area contributed by atoms with Gasteiger partial charge in [-0.1, -0.05) is 12.8 Å². The van der Waals surface area contributed by atoms with Crippen molar-refractivity contribution < 1.29 is 0 Å². The second kappa shape index (κ2) is 4.18. The first-order chi connectivity index (χ1) is 7.54. The fourth-order valence-corrected chi connectivity index (χ4v) is 3.68. The summed E-state index contributed by atoms with van der Waals surface area (Å²) in [5.41, 5.74) is 0.664. The summed E-state index contributed by atoms with van der Waals surface area (Å²) in [7, 11) is 0. The van der Waals surface area contributed by atoms with Crippen LogP contribution in [0.1, 0.15) is 61.0 Å². The van der Waals surface area contributed by atoms with Gasteiger partial charge in [0.1, 0.15) is 0 Å². The Morgan fingerprint density at radius 3 is 2.56 bits per heavy atom. The number of hydrogen-bond donors (Lipinski definition) is 0. The van der Waals surface area contributed by atoms with Crippen LogP contribution in [0.3, 0.4) is 0 Å². The predicted octanol–water partition coefficient (Wildman–Crippen LogP) is 3.91. The summed E-state index contributed by atoms with van der Waals surface area (Å²) in [5, 5.41) is 10.4. The van der Waals surface area contributed by atoms with E-state index in [2.05, 4.69) is 11.1 Å². The molecule has 0 radical (unpaired) electrons. The van der Waals surface area contributed by atoms with Crippen LogP contribution in [-0.2, 0) is 5.41 Å². The van der Waals surface area contributed by atoms with Gasteiger partial charge in [0.05, 0.1) is 22.2 Å². The molecule has 1 heterocycles. The fourth-order valence-electron chi connectivity index (χ4n) is 2.40. The van der Waals surface area contributed by atoms with Crippen LogP contribution in [0.4, 0.5) is 0 Å². The smallest absolute Gasteiger partial charge is 0.0962 e. The van der Waals surface area contributed by atoms with Gasteiger partial charge in [0.15, 0.2) is 0 Å². The van der Waals surface area contributed by atoms with Crippen LogP contribution in [0.25, 0.3) is 0 Å². The zero-order valence-electron chi connectivity index (χ0n) is 10.2. The van der Waals surface area contributed by atoms with Gasteiger partial charge in [-0.2, -0.15) is 5.26 Å². The van der Waals surface area contributed by atoms with E-state index in [1.807, 2.05) is 20.8 Å². The molecule has 0 unspecified atom stereocenters. The van der Waals surface area contributed by atoms with Crippen LogP contribution < -0.4 is 0 Å². The van der Waals surface area contributed by atoms with Gasteiger partial charge in [-0.05, 0) is 33.6 Å². The standard InChI is InChI=1S/C13H18N2S/c1-9-11(13(2,3)8-14)16-12(15-9)10-6-4-5-7-10/h10H,4-7H2,1-3H3. The highest BCUT2D eigenvalue weighted by Crippen LogP contribution is 2.40. The molecular formula is C13H18N2S. The number of aryl methyl sites for hydroxylation is 1. The summed E-state index contributed by atoms with van der Waals surface area (Å²) >= 11 is 1.75. The van der Waals surface area contributed by atoms with Crippen LogP contribution in [0, 0.1) is 18.3 Å². The molecule has 0 N–H and O–H groups in total. The van der Waals surface area contributed by atoms with E-state index in [0.717, 1.165) is 10.6 Å². The first-order valence-corrected chi connectivity index (χ1v) is 6.75.